The van der Waals surface area contributed by atoms with Gasteiger partial charge in [-0.1, -0.05) is 6.07 Å². The smallest absolute Gasteiger partial charge is 0.321 e. The molecule has 0 radical (unpaired) electrons. The number of nitrogens with one attached hydrogen (secondary N) is 1. The minimum atomic E-state index is -3.66. The lowest BCUT2D eigenvalue weighted by molar-refractivity contribution is -0.140. The SMILES string of the molecule is CCOC(=O)CS(=O)(=O)CCC(=O)Nc1cccc(N)c1. The van der Waals surface area contributed by atoms with Gasteiger partial charge in [-0.15, -0.1) is 0 Å². The van der Waals surface area contributed by atoms with E-state index in [1.165, 1.54) is 0 Å². The third kappa shape index (κ3) is 6.75. The molecule has 0 saturated heterocycles. The number of amides is 1. The number of ether oxygens (including phenoxy) is 1. The fourth-order valence-electron chi connectivity index (χ4n) is 1.54. The average Bonchev–Trinajstić information content (AvgIpc) is 2.36. The molecular weight excluding hydrogens is 296 g/mol. The summed E-state index contributed by atoms with van der Waals surface area (Å²) in [5.41, 5.74) is 6.54. The zero-order valence-electron chi connectivity index (χ0n) is 11.7. The molecule has 0 unspecified atom stereocenters. The molecular formula is C13H18N2O5S. The molecule has 0 saturated carbocycles. The zero-order chi connectivity index (χ0) is 15.9. The molecule has 1 rings (SSSR count). The molecule has 0 atom stereocenters. The van der Waals surface area contributed by atoms with Gasteiger partial charge in [-0.05, 0) is 25.1 Å². The molecule has 0 aliphatic rings. The van der Waals surface area contributed by atoms with Gasteiger partial charge in [-0.3, -0.25) is 9.59 Å². The van der Waals surface area contributed by atoms with Gasteiger partial charge in [0, 0.05) is 17.8 Å². The number of carbonyl (C=O) groups is 2. The molecule has 0 spiro atoms. The highest BCUT2D eigenvalue weighted by molar-refractivity contribution is 7.92. The van der Waals surface area contributed by atoms with Crippen molar-refractivity contribution in [1.29, 1.82) is 0 Å². The molecule has 1 aromatic carbocycles. The van der Waals surface area contributed by atoms with E-state index in [9.17, 15) is 18.0 Å². The lowest BCUT2D eigenvalue weighted by Gasteiger charge is -2.06. The van der Waals surface area contributed by atoms with E-state index < -0.39 is 33.2 Å². The van der Waals surface area contributed by atoms with Crippen molar-refractivity contribution in [2.75, 3.05) is 29.2 Å². The van der Waals surface area contributed by atoms with E-state index in [0.29, 0.717) is 11.4 Å². The number of carbonyl (C=O) groups excluding carboxylic acids is 2. The summed E-state index contributed by atoms with van der Waals surface area (Å²) in [7, 11) is -3.66. The Morgan fingerprint density at radius 1 is 1.33 bits per heavy atom. The Balaban J connectivity index is 2.47. The summed E-state index contributed by atoms with van der Waals surface area (Å²) in [6.45, 7) is 1.70. The second-order valence-corrected chi connectivity index (χ2v) is 6.50. The summed E-state index contributed by atoms with van der Waals surface area (Å²) < 4.78 is 27.8. The number of sulfone groups is 1. The minimum absolute atomic E-state index is 0.115. The molecule has 0 aliphatic heterocycles. The molecule has 0 aromatic heterocycles. The van der Waals surface area contributed by atoms with Crippen molar-refractivity contribution in [3.63, 3.8) is 0 Å². The quantitative estimate of drug-likeness (QED) is 0.561. The largest absolute Gasteiger partial charge is 0.465 e. The number of benzene rings is 1. The fourth-order valence-corrected chi connectivity index (χ4v) is 2.63. The molecule has 0 aliphatic carbocycles. The first-order valence-corrected chi connectivity index (χ1v) is 8.16. The van der Waals surface area contributed by atoms with Crippen molar-refractivity contribution in [3.8, 4) is 0 Å². The molecule has 0 bridgehead atoms. The van der Waals surface area contributed by atoms with Gasteiger partial charge >= 0.3 is 5.97 Å². The average molecular weight is 314 g/mol. The summed E-state index contributed by atoms with van der Waals surface area (Å²) in [4.78, 5) is 22.8. The van der Waals surface area contributed by atoms with Gasteiger partial charge in [0.05, 0.1) is 12.4 Å². The maximum atomic E-state index is 11.6. The third-order valence-electron chi connectivity index (χ3n) is 2.45. The van der Waals surface area contributed by atoms with Crippen molar-refractivity contribution in [2.45, 2.75) is 13.3 Å². The van der Waals surface area contributed by atoms with E-state index in [2.05, 4.69) is 10.1 Å². The minimum Gasteiger partial charge on any atom is -0.465 e. The number of nitrogen functional groups attached to an aromatic ring is 1. The van der Waals surface area contributed by atoms with Crippen LogP contribution in [0.5, 0.6) is 0 Å². The van der Waals surface area contributed by atoms with Crippen LogP contribution in [0, 0.1) is 0 Å². The van der Waals surface area contributed by atoms with Crippen molar-refractivity contribution < 1.29 is 22.7 Å². The van der Waals surface area contributed by atoms with E-state index in [1.807, 2.05) is 0 Å². The normalized spacial score (nSPS) is 10.9. The molecule has 21 heavy (non-hydrogen) atoms. The van der Waals surface area contributed by atoms with Crippen LogP contribution >= 0.6 is 0 Å². The van der Waals surface area contributed by atoms with Crippen molar-refractivity contribution in [2.24, 2.45) is 0 Å². The molecule has 3 N–H and O–H groups in total. The Hall–Kier alpha value is -2.09. The van der Waals surface area contributed by atoms with Crippen LogP contribution in [0.15, 0.2) is 24.3 Å². The highest BCUT2D eigenvalue weighted by Gasteiger charge is 2.19. The van der Waals surface area contributed by atoms with E-state index in [4.69, 9.17) is 5.73 Å². The first-order valence-electron chi connectivity index (χ1n) is 6.34. The molecule has 7 nitrogen and oxygen atoms in total. The maximum absolute atomic E-state index is 11.6. The van der Waals surface area contributed by atoms with Crippen LogP contribution in [0.4, 0.5) is 11.4 Å². The summed E-state index contributed by atoms with van der Waals surface area (Å²) in [6, 6.07) is 6.54. The van der Waals surface area contributed by atoms with E-state index in [-0.39, 0.29) is 13.0 Å². The van der Waals surface area contributed by atoms with Crippen LogP contribution < -0.4 is 11.1 Å². The molecule has 0 fully saturated rings. The first-order chi connectivity index (χ1) is 9.82. The Morgan fingerprint density at radius 2 is 2.05 bits per heavy atom. The number of anilines is 2. The Kier molecular flexibility index (Phi) is 6.16. The van der Waals surface area contributed by atoms with Gasteiger partial charge in [0.25, 0.3) is 0 Å². The second-order valence-electron chi connectivity index (χ2n) is 4.32. The molecule has 8 heteroatoms. The fraction of sp³-hybridized carbons (Fsp3) is 0.385. The first kappa shape index (κ1) is 17.0. The van der Waals surface area contributed by atoms with Crippen LogP contribution in [0.3, 0.4) is 0 Å². The van der Waals surface area contributed by atoms with Crippen LogP contribution in [-0.2, 0) is 24.2 Å². The second kappa shape index (κ2) is 7.63. The van der Waals surface area contributed by atoms with Crippen molar-refractivity contribution in [1.82, 2.24) is 0 Å². The number of rotatable bonds is 7. The Bertz CT molecular complexity index is 613. The number of esters is 1. The number of hydrogen-bond donors (Lipinski definition) is 2. The highest BCUT2D eigenvalue weighted by Crippen LogP contribution is 2.12. The molecule has 116 valence electrons. The predicted octanol–water partition coefficient (Wildman–Crippen LogP) is 0.575. The van der Waals surface area contributed by atoms with Crippen LogP contribution in [0.2, 0.25) is 0 Å². The van der Waals surface area contributed by atoms with E-state index in [1.54, 1.807) is 31.2 Å². The Labute approximate surface area is 123 Å². The van der Waals surface area contributed by atoms with Crippen LogP contribution in [0.1, 0.15) is 13.3 Å². The Morgan fingerprint density at radius 3 is 2.67 bits per heavy atom. The summed E-state index contributed by atoms with van der Waals surface area (Å²) >= 11 is 0. The van der Waals surface area contributed by atoms with Crippen LogP contribution in [-0.4, -0.2) is 38.4 Å². The van der Waals surface area contributed by atoms with Gasteiger partial charge in [0.1, 0.15) is 5.75 Å². The summed E-state index contributed by atoms with van der Waals surface area (Å²) in [5, 5.41) is 2.53. The molecule has 1 amide bonds. The van der Waals surface area contributed by atoms with E-state index >= 15 is 0 Å². The van der Waals surface area contributed by atoms with Crippen molar-refractivity contribution in [3.05, 3.63) is 24.3 Å². The third-order valence-corrected chi connectivity index (χ3v) is 3.96. The summed E-state index contributed by atoms with van der Waals surface area (Å²) in [6.07, 6.45) is -0.240. The van der Waals surface area contributed by atoms with Gasteiger partial charge in [0.15, 0.2) is 9.84 Å². The lowest BCUT2D eigenvalue weighted by atomic mass is 10.3. The highest BCUT2D eigenvalue weighted by atomic mass is 32.2. The lowest BCUT2D eigenvalue weighted by Crippen LogP contribution is -2.24. The maximum Gasteiger partial charge on any atom is 0.321 e. The molecule has 0 heterocycles. The van der Waals surface area contributed by atoms with Gasteiger partial charge in [-0.25, -0.2) is 8.42 Å². The monoisotopic (exact) mass is 314 g/mol. The standard InChI is InChI=1S/C13H18N2O5S/c1-2-20-13(17)9-21(18,19)7-6-12(16)15-11-5-3-4-10(14)8-11/h3-5,8H,2,6-7,9,14H2,1H3,(H,15,16). The number of nitrogens with two attached hydrogens (primary N) is 1. The van der Waals surface area contributed by atoms with Gasteiger partial charge in [-0.2, -0.15) is 0 Å². The van der Waals surface area contributed by atoms with Gasteiger partial charge in [0.2, 0.25) is 5.91 Å². The zero-order valence-corrected chi connectivity index (χ0v) is 12.5. The van der Waals surface area contributed by atoms with Crippen molar-refractivity contribution >= 4 is 33.1 Å². The summed E-state index contributed by atoms with van der Waals surface area (Å²) in [5.74, 6) is -2.41. The van der Waals surface area contributed by atoms with E-state index in [0.717, 1.165) is 0 Å². The van der Waals surface area contributed by atoms with Crippen LogP contribution in [0.25, 0.3) is 0 Å². The number of hydrogen-bond acceptors (Lipinski definition) is 6. The predicted molar refractivity (Wildman–Crippen MR) is 79.4 cm³/mol. The topological polar surface area (TPSA) is 116 Å². The van der Waals surface area contributed by atoms with Gasteiger partial charge < -0.3 is 15.8 Å². The molecule has 1 aromatic rings.